The highest BCUT2D eigenvalue weighted by Crippen LogP contribution is 2.30. The zero-order valence-corrected chi connectivity index (χ0v) is 11.2. The Hall–Kier alpha value is -3.14. The standard InChI is InChI=1S/C14H12N4O3/c1-2-16-13-7-6-12(18(19)20)14(17-13)21-11-5-3-4-10(8-11)9-15/h3-8H,2H2,1H3,(H,16,17). The van der Waals surface area contributed by atoms with E-state index in [2.05, 4.69) is 10.3 Å². The SMILES string of the molecule is CCNc1ccc([N+](=O)[O-])c(Oc2cccc(C#N)c2)n1. The molecule has 0 saturated carbocycles. The summed E-state index contributed by atoms with van der Waals surface area (Å²) in [7, 11) is 0. The molecular weight excluding hydrogens is 272 g/mol. The molecule has 0 unspecified atom stereocenters. The zero-order valence-electron chi connectivity index (χ0n) is 11.2. The molecule has 2 aromatic rings. The van der Waals surface area contributed by atoms with Gasteiger partial charge in [0, 0.05) is 12.6 Å². The number of ether oxygens (including phenoxy) is 1. The normalized spacial score (nSPS) is 9.71. The van der Waals surface area contributed by atoms with Crippen LogP contribution < -0.4 is 10.1 Å². The first kappa shape index (κ1) is 14.3. The molecule has 0 saturated heterocycles. The van der Waals surface area contributed by atoms with Gasteiger partial charge in [0.1, 0.15) is 11.6 Å². The smallest absolute Gasteiger partial charge is 0.331 e. The third-order valence-electron chi connectivity index (χ3n) is 2.57. The summed E-state index contributed by atoms with van der Waals surface area (Å²) in [6, 6.07) is 11.2. The number of rotatable bonds is 5. The van der Waals surface area contributed by atoms with E-state index in [1.807, 2.05) is 13.0 Å². The van der Waals surface area contributed by atoms with E-state index in [9.17, 15) is 10.1 Å². The van der Waals surface area contributed by atoms with Crippen molar-refractivity contribution < 1.29 is 9.66 Å². The summed E-state index contributed by atoms with van der Waals surface area (Å²) in [4.78, 5) is 14.5. The van der Waals surface area contributed by atoms with E-state index in [4.69, 9.17) is 10.00 Å². The number of pyridine rings is 1. The van der Waals surface area contributed by atoms with E-state index in [1.54, 1.807) is 18.2 Å². The highest BCUT2D eigenvalue weighted by Gasteiger charge is 2.18. The van der Waals surface area contributed by atoms with Crippen molar-refractivity contribution in [3.8, 4) is 17.7 Å². The van der Waals surface area contributed by atoms with Crippen LogP contribution in [0.1, 0.15) is 12.5 Å². The lowest BCUT2D eigenvalue weighted by Gasteiger charge is -2.08. The van der Waals surface area contributed by atoms with Gasteiger partial charge in [-0.25, -0.2) is 0 Å². The zero-order chi connectivity index (χ0) is 15.2. The van der Waals surface area contributed by atoms with Gasteiger partial charge in [0.05, 0.1) is 16.6 Å². The van der Waals surface area contributed by atoms with Gasteiger partial charge in [0.15, 0.2) is 0 Å². The third-order valence-corrected chi connectivity index (χ3v) is 2.57. The molecule has 0 fully saturated rings. The monoisotopic (exact) mass is 284 g/mol. The minimum absolute atomic E-state index is 0.117. The Balaban J connectivity index is 2.38. The summed E-state index contributed by atoms with van der Waals surface area (Å²) >= 11 is 0. The summed E-state index contributed by atoms with van der Waals surface area (Å²) in [6.07, 6.45) is 0. The van der Waals surface area contributed by atoms with Crippen LogP contribution in [0.3, 0.4) is 0 Å². The van der Waals surface area contributed by atoms with Crippen molar-refractivity contribution in [3.63, 3.8) is 0 Å². The average Bonchev–Trinajstić information content (AvgIpc) is 2.48. The Bertz CT molecular complexity index is 710. The molecule has 0 aliphatic rings. The molecule has 0 aliphatic carbocycles. The van der Waals surface area contributed by atoms with Crippen molar-refractivity contribution in [1.82, 2.24) is 4.98 Å². The van der Waals surface area contributed by atoms with Crippen LogP contribution >= 0.6 is 0 Å². The van der Waals surface area contributed by atoms with Crippen molar-refractivity contribution in [1.29, 1.82) is 5.26 Å². The van der Waals surface area contributed by atoms with Crippen molar-refractivity contribution in [2.75, 3.05) is 11.9 Å². The summed E-state index contributed by atoms with van der Waals surface area (Å²) in [5.41, 5.74) is 0.164. The molecule has 7 nitrogen and oxygen atoms in total. The Labute approximate surface area is 121 Å². The quantitative estimate of drug-likeness (QED) is 0.668. The van der Waals surface area contributed by atoms with Crippen molar-refractivity contribution in [2.45, 2.75) is 6.92 Å². The maximum atomic E-state index is 11.0. The van der Waals surface area contributed by atoms with Crippen LogP contribution in [-0.2, 0) is 0 Å². The van der Waals surface area contributed by atoms with E-state index < -0.39 is 4.92 Å². The second-order valence-electron chi connectivity index (χ2n) is 4.05. The van der Waals surface area contributed by atoms with E-state index in [0.717, 1.165) is 0 Å². The number of hydrogen-bond donors (Lipinski definition) is 1. The van der Waals surface area contributed by atoms with Gasteiger partial charge in [0.25, 0.3) is 0 Å². The van der Waals surface area contributed by atoms with Gasteiger partial charge in [-0.1, -0.05) is 6.07 Å². The van der Waals surface area contributed by atoms with E-state index in [1.165, 1.54) is 18.2 Å². The van der Waals surface area contributed by atoms with Gasteiger partial charge in [-0.15, -0.1) is 0 Å². The molecule has 1 heterocycles. The molecule has 0 aliphatic heterocycles. The average molecular weight is 284 g/mol. The molecule has 21 heavy (non-hydrogen) atoms. The highest BCUT2D eigenvalue weighted by molar-refractivity contribution is 5.51. The predicted octanol–water partition coefficient (Wildman–Crippen LogP) is 3.09. The molecular formula is C14H12N4O3. The maximum Gasteiger partial charge on any atom is 0.331 e. The Morgan fingerprint density at radius 2 is 2.24 bits per heavy atom. The van der Waals surface area contributed by atoms with E-state index in [-0.39, 0.29) is 11.6 Å². The number of benzene rings is 1. The van der Waals surface area contributed by atoms with Crippen LogP contribution in [0, 0.1) is 21.4 Å². The fraction of sp³-hybridized carbons (Fsp3) is 0.143. The van der Waals surface area contributed by atoms with Crippen molar-refractivity contribution in [3.05, 3.63) is 52.1 Å². The van der Waals surface area contributed by atoms with Gasteiger partial charge in [-0.05, 0) is 31.2 Å². The van der Waals surface area contributed by atoms with Crippen LogP contribution in [0.25, 0.3) is 0 Å². The maximum absolute atomic E-state index is 11.0. The molecule has 0 radical (unpaired) electrons. The number of nitrogens with one attached hydrogen (secondary N) is 1. The van der Waals surface area contributed by atoms with Crippen LogP contribution in [-0.4, -0.2) is 16.5 Å². The third kappa shape index (κ3) is 3.45. The first-order valence-corrected chi connectivity index (χ1v) is 6.21. The molecule has 106 valence electrons. The summed E-state index contributed by atoms with van der Waals surface area (Å²) in [6.45, 7) is 2.52. The van der Waals surface area contributed by atoms with Gasteiger partial charge in [0.2, 0.25) is 0 Å². The Kier molecular flexibility index (Phi) is 4.31. The molecule has 0 bridgehead atoms. The van der Waals surface area contributed by atoms with Crippen LogP contribution in [0.5, 0.6) is 11.6 Å². The molecule has 1 aromatic carbocycles. The minimum atomic E-state index is -0.563. The molecule has 0 atom stereocenters. The minimum Gasteiger partial charge on any atom is -0.434 e. The molecule has 1 aromatic heterocycles. The van der Waals surface area contributed by atoms with Crippen LogP contribution in [0.2, 0.25) is 0 Å². The lowest BCUT2D eigenvalue weighted by atomic mass is 10.2. The van der Waals surface area contributed by atoms with Gasteiger partial charge < -0.3 is 10.1 Å². The summed E-state index contributed by atoms with van der Waals surface area (Å²) < 4.78 is 5.46. The van der Waals surface area contributed by atoms with Crippen molar-refractivity contribution in [2.24, 2.45) is 0 Å². The van der Waals surface area contributed by atoms with Crippen molar-refractivity contribution >= 4 is 11.5 Å². The molecule has 1 N–H and O–H groups in total. The molecule has 0 amide bonds. The first-order valence-electron chi connectivity index (χ1n) is 6.21. The first-order chi connectivity index (χ1) is 10.1. The number of nitro groups is 1. The molecule has 0 spiro atoms. The van der Waals surface area contributed by atoms with Gasteiger partial charge in [-0.2, -0.15) is 10.2 Å². The molecule has 2 rings (SSSR count). The Morgan fingerprint density at radius 3 is 2.90 bits per heavy atom. The summed E-state index contributed by atoms with van der Waals surface area (Å²) in [5, 5.41) is 22.8. The number of nitrogens with zero attached hydrogens (tertiary/aromatic N) is 3. The number of nitriles is 1. The lowest BCUT2D eigenvalue weighted by Crippen LogP contribution is -2.02. The van der Waals surface area contributed by atoms with Gasteiger partial charge >= 0.3 is 11.6 Å². The number of hydrogen-bond acceptors (Lipinski definition) is 6. The van der Waals surface area contributed by atoms with E-state index >= 15 is 0 Å². The second-order valence-corrected chi connectivity index (χ2v) is 4.05. The van der Waals surface area contributed by atoms with Crippen LogP contribution in [0.15, 0.2) is 36.4 Å². The Morgan fingerprint density at radius 1 is 1.43 bits per heavy atom. The number of aromatic nitrogens is 1. The molecule has 7 heteroatoms. The fourth-order valence-corrected chi connectivity index (χ4v) is 1.67. The fourth-order valence-electron chi connectivity index (χ4n) is 1.67. The largest absolute Gasteiger partial charge is 0.434 e. The predicted molar refractivity (Wildman–Crippen MR) is 76.3 cm³/mol. The topological polar surface area (TPSA) is 101 Å². The van der Waals surface area contributed by atoms with Gasteiger partial charge in [-0.3, -0.25) is 10.1 Å². The van der Waals surface area contributed by atoms with Crippen LogP contribution in [0.4, 0.5) is 11.5 Å². The second kappa shape index (κ2) is 6.34. The lowest BCUT2D eigenvalue weighted by molar-refractivity contribution is -0.386. The van der Waals surface area contributed by atoms with E-state index in [0.29, 0.717) is 23.7 Å². The highest BCUT2D eigenvalue weighted by atomic mass is 16.6. The number of anilines is 1. The summed E-state index contributed by atoms with van der Waals surface area (Å²) in [5.74, 6) is 0.682.